The molecular weight excluding hydrogens is 200 g/mol. The van der Waals surface area contributed by atoms with Crippen molar-refractivity contribution >= 4 is 0 Å². The first-order valence-corrected chi connectivity index (χ1v) is 5.51. The van der Waals surface area contributed by atoms with Crippen molar-refractivity contribution in [3.8, 4) is 5.75 Å². The van der Waals surface area contributed by atoms with Crippen molar-refractivity contribution in [1.29, 1.82) is 0 Å². The van der Waals surface area contributed by atoms with Gasteiger partial charge in [0, 0.05) is 12.5 Å². The van der Waals surface area contributed by atoms with Gasteiger partial charge in [-0.25, -0.2) is 0 Å². The molecule has 0 saturated carbocycles. The molecule has 3 N–H and O–H groups in total. The van der Waals surface area contributed by atoms with E-state index in [2.05, 4.69) is 25.3 Å². The van der Waals surface area contributed by atoms with E-state index >= 15 is 0 Å². The van der Waals surface area contributed by atoms with Gasteiger partial charge in [0.05, 0.1) is 6.61 Å². The number of hydrogen-bond donors (Lipinski definition) is 2. The average molecular weight is 220 g/mol. The number of rotatable bonds is 6. The first kappa shape index (κ1) is 12.7. The summed E-state index contributed by atoms with van der Waals surface area (Å²) in [6.07, 6.45) is 2.96. The van der Waals surface area contributed by atoms with Crippen molar-refractivity contribution in [2.24, 2.45) is 5.84 Å². The van der Waals surface area contributed by atoms with Crippen LogP contribution in [0.25, 0.3) is 0 Å². The van der Waals surface area contributed by atoms with Crippen LogP contribution in [-0.2, 0) is 0 Å². The fraction of sp³-hybridized carbons (Fsp3) is 0.385. The molecule has 1 unspecified atom stereocenters. The Morgan fingerprint density at radius 2 is 2.06 bits per heavy atom. The lowest BCUT2D eigenvalue weighted by Gasteiger charge is -2.13. The van der Waals surface area contributed by atoms with Gasteiger partial charge in [0.25, 0.3) is 0 Å². The summed E-state index contributed by atoms with van der Waals surface area (Å²) in [5.41, 5.74) is 4.02. The van der Waals surface area contributed by atoms with E-state index in [1.54, 1.807) is 0 Å². The van der Waals surface area contributed by atoms with Crippen molar-refractivity contribution in [2.75, 3.05) is 6.61 Å². The van der Waals surface area contributed by atoms with Gasteiger partial charge >= 0.3 is 0 Å². The summed E-state index contributed by atoms with van der Waals surface area (Å²) in [6, 6.07) is 9.97. The van der Waals surface area contributed by atoms with Gasteiger partial charge in [0.15, 0.2) is 0 Å². The van der Waals surface area contributed by atoms with Gasteiger partial charge in [-0.15, -0.1) is 0 Å². The molecule has 0 aliphatic rings. The summed E-state index contributed by atoms with van der Waals surface area (Å²) in [5, 5.41) is 0. The zero-order valence-electron chi connectivity index (χ0n) is 9.94. The van der Waals surface area contributed by atoms with E-state index in [1.807, 2.05) is 30.3 Å². The number of allylic oxidation sites excluding steroid dienone is 1. The van der Waals surface area contributed by atoms with Crippen LogP contribution in [0.3, 0.4) is 0 Å². The topological polar surface area (TPSA) is 47.3 Å². The van der Waals surface area contributed by atoms with E-state index in [-0.39, 0.29) is 6.04 Å². The molecule has 0 radical (unpaired) electrons. The molecule has 1 aromatic carbocycles. The van der Waals surface area contributed by atoms with E-state index in [0.29, 0.717) is 6.61 Å². The maximum absolute atomic E-state index is 5.60. The van der Waals surface area contributed by atoms with Gasteiger partial charge in [-0.05, 0) is 26.0 Å². The number of para-hydroxylation sites is 1. The molecule has 0 aromatic heterocycles. The van der Waals surface area contributed by atoms with Gasteiger partial charge in [0.1, 0.15) is 5.75 Å². The molecule has 0 heterocycles. The summed E-state index contributed by atoms with van der Waals surface area (Å²) in [7, 11) is 0. The van der Waals surface area contributed by atoms with Crippen LogP contribution in [-0.4, -0.2) is 12.6 Å². The second-order valence-electron chi connectivity index (χ2n) is 3.97. The van der Waals surface area contributed by atoms with Crippen LogP contribution in [0.1, 0.15) is 20.3 Å². The molecule has 0 fully saturated rings. The average Bonchev–Trinajstić information content (AvgIpc) is 2.28. The van der Waals surface area contributed by atoms with E-state index in [9.17, 15) is 0 Å². The van der Waals surface area contributed by atoms with E-state index < -0.39 is 0 Å². The van der Waals surface area contributed by atoms with Crippen LogP contribution in [0.5, 0.6) is 5.75 Å². The maximum atomic E-state index is 5.60. The Labute approximate surface area is 97.3 Å². The Bertz CT molecular complexity index is 318. The number of ether oxygens (including phenoxy) is 1. The molecular formula is C13H20N2O. The molecule has 0 amide bonds. The van der Waals surface area contributed by atoms with Crippen LogP contribution in [0, 0.1) is 0 Å². The molecule has 1 atom stereocenters. The minimum atomic E-state index is 0.175. The highest BCUT2D eigenvalue weighted by molar-refractivity contribution is 5.20. The summed E-state index contributed by atoms with van der Waals surface area (Å²) in [6.45, 7) is 4.77. The van der Waals surface area contributed by atoms with Crippen molar-refractivity contribution in [2.45, 2.75) is 26.3 Å². The Hall–Kier alpha value is -1.32. The third kappa shape index (κ3) is 4.96. The largest absolute Gasteiger partial charge is 0.494 e. The highest BCUT2D eigenvalue weighted by Gasteiger charge is 2.02. The Balaban J connectivity index is 2.32. The monoisotopic (exact) mass is 220 g/mol. The van der Waals surface area contributed by atoms with Crippen LogP contribution >= 0.6 is 0 Å². The smallest absolute Gasteiger partial charge is 0.119 e. The molecule has 0 aliphatic heterocycles. The summed E-state index contributed by atoms with van der Waals surface area (Å²) in [4.78, 5) is 0. The zero-order valence-corrected chi connectivity index (χ0v) is 9.94. The highest BCUT2D eigenvalue weighted by Crippen LogP contribution is 2.09. The normalized spacial score (nSPS) is 11.9. The lowest BCUT2D eigenvalue weighted by atomic mass is 10.1. The summed E-state index contributed by atoms with van der Waals surface area (Å²) < 4.78 is 5.60. The Morgan fingerprint density at radius 3 is 2.62 bits per heavy atom. The zero-order chi connectivity index (χ0) is 11.8. The lowest BCUT2D eigenvalue weighted by molar-refractivity contribution is 0.297. The fourth-order valence-electron chi connectivity index (χ4n) is 1.44. The number of hydrazine groups is 1. The van der Waals surface area contributed by atoms with Gasteiger partial charge in [-0.2, -0.15) is 0 Å². The standard InChI is InChI=1S/C13H20N2O/c1-11(2)10-12(15-14)8-9-16-13-6-4-3-5-7-13/h3-7,10,12,15H,8-9,14H2,1-2H3. The molecule has 3 nitrogen and oxygen atoms in total. The minimum Gasteiger partial charge on any atom is -0.494 e. The SMILES string of the molecule is CC(C)=CC(CCOc1ccccc1)NN. The molecule has 16 heavy (non-hydrogen) atoms. The third-order valence-electron chi connectivity index (χ3n) is 2.19. The van der Waals surface area contributed by atoms with Crippen molar-refractivity contribution in [3.05, 3.63) is 42.0 Å². The van der Waals surface area contributed by atoms with Crippen molar-refractivity contribution in [3.63, 3.8) is 0 Å². The van der Waals surface area contributed by atoms with E-state index in [0.717, 1.165) is 12.2 Å². The molecule has 0 saturated heterocycles. The molecule has 0 spiro atoms. The minimum absolute atomic E-state index is 0.175. The maximum Gasteiger partial charge on any atom is 0.119 e. The predicted molar refractivity (Wildman–Crippen MR) is 67.1 cm³/mol. The first-order chi connectivity index (χ1) is 7.72. The lowest BCUT2D eigenvalue weighted by Crippen LogP contribution is -2.34. The Morgan fingerprint density at radius 1 is 1.38 bits per heavy atom. The van der Waals surface area contributed by atoms with Gasteiger partial charge in [-0.1, -0.05) is 29.8 Å². The summed E-state index contributed by atoms with van der Waals surface area (Å²) in [5.74, 6) is 6.35. The quantitative estimate of drug-likeness (QED) is 0.439. The second kappa shape index (κ2) is 7.04. The number of nitrogens with two attached hydrogens (primary N) is 1. The molecule has 0 aliphatic carbocycles. The molecule has 1 rings (SSSR count). The van der Waals surface area contributed by atoms with Gasteiger partial charge in [0.2, 0.25) is 0 Å². The van der Waals surface area contributed by atoms with E-state index in [1.165, 1.54) is 5.57 Å². The van der Waals surface area contributed by atoms with Crippen molar-refractivity contribution in [1.82, 2.24) is 5.43 Å². The molecule has 1 aromatic rings. The molecule has 3 heteroatoms. The van der Waals surface area contributed by atoms with Crippen LogP contribution < -0.4 is 16.0 Å². The number of nitrogens with one attached hydrogen (secondary N) is 1. The first-order valence-electron chi connectivity index (χ1n) is 5.51. The fourth-order valence-corrected chi connectivity index (χ4v) is 1.44. The molecule has 0 bridgehead atoms. The van der Waals surface area contributed by atoms with Crippen LogP contribution in [0.4, 0.5) is 0 Å². The highest BCUT2D eigenvalue weighted by atomic mass is 16.5. The van der Waals surface area contributed by atoms with Crippen LogP contribution in [0.15, 0.2) is 42.0 Å². The second-order valence-corrected chi connectivity index (χ2v) is 3.97. The molecule has 88 valence electrons. The van der Waals surface area contributed by atoms with E-state index in [4.69, 9.17) is 10.6 Å². The third-order valence-corrected chi connectivity index (χ3v) is 2.19. The predicted octanol–water partition coefficient (Wildman–Crippen LogP) is 2.25. The van der Waals surface area contributed by atoms with Gasteiger partial charge < -0.3 is 4.74 Å². The number of benzene rings is 1. The van der Waals surface area contributed by atoms with Gasteiger partial charge in [-0.3, -0.25) is 11.3 Å². The van der Waals surface area contributed by atoms with Crippen LogP contribution in [0.2, 0.25) is 0 Å². The Kier molecular flexibility index (Phi) is 5.61. The van der Waals surface area contributed by atoms with Crippen molar-refractivity contribution < 1.29 is 4.74 Å². The number of hydrogen-bond acceptors (Lipinski definition) is 3. The summed E-state index contributed by atoms with van der Waals surface area (Å²) >= 11 is 0.